The third-order valence-corrected chi connectivity index (χ3v) is 6.71. The van der Waals surface area contributed by atoms with Gasteiger partial charge in [0.2, 0.25) is 0 Å². The van der Waals surface area contributed by atoms with Crippen LogP contribution < -0.4 is 5.32 Å². The number of hydrogen-bond acceptors (Lipinski definition) is 3. The molecule has 0 atom stereocenters. The van der Waals surface area contributed by atoms with E-state index in [2.05, 4.69) is 49.0 Å². The van der Waals surface area contributed by atoms with E-state index >= 15 is 0 Å². The molecule has 1 aromatic heterocycles. The summed E-state index contributed by atoms with van der Waals surface area (Å²) in [5, 5.41) is 2.99. The first-order valence-electron chi connectivity index (χ1n) is 6.51. The molecule has 1 aliphatic rings. The average molecular weight is 410 g/mol. The molecule has 1 aromatic rings. The van der Waals surface area contributed by atoms with Crippen molar-refractivity contribution in [2.24, 2.45) is 5.92 Å². The zero-order valence-corrected chi connectivity index (χ0v) is 14.9. The van der Waals surface area contributed by atoms with Crippen molar-refractivity contribution in [1.29, 1.82) is 0 Å². The molecule has 0 radical (unpaired) electrons. The fourth-order valence-electron chi connectivity index (χ4n) is 2.16. The highest BCUT2D eigenvalue weighted by atomic mass is 79.9. The molecule has 106 valence electrons. The van der Waals surface area contributed by atoms with Gasteiger partial charge in [0.05, 0.1) is 8.66 Å². The summed E-state index contributed by atoms with van der Waals surface area (Å²) < 4.78 is 1.90. The van der Waals surface area contributed by atoms with Crippen LogP contribution in [0.15, 0.2) is 14.3 Å². The quantitative estimate of drug-likeness (QED) is 0.821. The predicted molar refractivity (Wildman–Crippen MR) is 86.9 cm³/mol. The molecular formula is C13H18Br2N2OS. The summed E-state index contributed by atoms with van der Waals surface area (Å²) >= 11 is 8.25. The first-order valence-corrected chi connectivity index (χ1v) is 8.92. The highest BCUT2D eigenvalue weighted by molar-refractivity contribution is 9.13. The number of rotatable bonds is 4. The van der Waals surface area contributed by atoms with Crippen LogP contribution in [-0.2, 0) is 0 Å². The molecular weight excluding hydrogens is 392 g/mol. The van der Waals surface area contributed by atoms with E-state index in [0.29, 0.717) is 0 Å². The minimum absolute atomic E-state index is 0.0155. The second-order valence-corrected chi connectivity index (χ2v) is 8.24. The van der Waals surface area contributed by atoms with Crippen molar-refractivity contribution in [3.05, 3.63) is 19.2 Å². The third kappa shape index (κ3) is 4.55. The SMILES string of the molecule is CC1CCN(CCNC(=O)c2cc(Br)c(Br)s2)CC1. The van der Waals surface area contributed by atoms with Crippen LogP contribution in [0.5, 0.6) is 0 Å². The van der Waals surface area contributed by atoms with Crippen molar-refractivity contribution < 1.29 is 4.79 Å². The predicted octanol–water partition coefficient (Wildman–Crippen LogP) is 3.73. The van der Waals surface area contributed by atoms with Crippen molar-refractivity contribution in [3.8, 4) is 0 Å². The molecule has 19 heavy (non-hydrogen) atoms. The summed E-state index contributed by atoms with van der Waals surface area (Å²) in [6.07, 6.45) is 2.55. The number of nitrogens with zero attached hydrogens (tertiary/aromatic N) is 1. The van der Waals surface area contributed by atoms with E-state index < -0.39 is 0 Å². The Morgan fingerprint density at radius 2 is 2.16 bits per heavy atom. The largest absolute Gasteiger partial charge is 0.350 e. The lowest BCUT2D eigenvalue weighted by Crippen LogP contribution is -2.39. The van der Waals surface area contributed by atoms with Gasteiger partial charge in [-0.3, -0.25) is 4.79 Å². The van der Waals surface area contributed by atoms with Gasteiger partial charge in [-0.2, -0.15) is 0 Å². The lowest BCUT2D eigenvalue weighted by Gasteiger charge is -2.30. The van der Waals surface area contributed by atoms with Crippen LogP contribution >= 0.6 is 43.2 Å². The number of likely N-dealkylation sites (tertiary alicyclic amines) is 1. The van der Waals surface area contributed by atoms with E-state index in [9.17, 15) is 4.79 Å². The Balaban J connectivity index is 1.72. The molecule has 1 aliphatic heterocycles. The van der Waals surface area contributed by atoms with Crippen molar-refractivity contribution in [3.63, 3.8) is 0 Å². The van der Waals surface area contributed by atoms with Gasteiger partial charge in [-0.25, -0.2) is 0 Å². The normalized spacial score (nSPS) is 17.6. The van der Waals surface area contributed by atoms with Crippen LogP contribution in [0, 0.1) is 5.92 Å². The Hall–Kier alpha value is 0.0900. The van der Waals surface area contributed by atoms with Crippen molar-refractivity contribution >= 4 is 49.1 Å². The van der Waals surface area contributed by atoms with Crippen LogP contribution in [0.2, 0.25) is 0 Å². The lowest BCUT2D eigenvalue weighted by molar-refractivity contribution is 0.0948. The molecule has 1 amide bonds. The van der Waals surface area contributed by atoms with Gasteiger partial charge in [0.1, 0.15) is 0 Å². The maximum Gasteiger partial charge on any atom is 0.261 e. The standard InChI is InChI=1S/C13H18Br2N2OS/c1-9-2-5-17(6-3-9)7-4-16-13(18)11-8-10(14)12(15)19-11/h8-9H,2-7H2,1H3,(H,16,18). The van der Waals surface area contributed by atoms with Gasteiger partial charge in [0.25, 0.3) is 5.91 Å². The first-order chi connectivity index (χ1) is 9.06. The Labute approximate surface area is 135 Å². The van der Waals surface area contributed by atoms with E-state index in [1.807, 2.05) is 6.07 Å². The summed E-state index contributed by atoms with van der Waals surface area (Å²) in [6, 6.07) is 1.85. The van der Waals surface area contributed by atoms with Crippen LogP contribution in [0.3, 0.4) is 0 Å². The zero-order chi connectivity index (χ0) is 13.8. The molecule has 0 unspecified atom stereocenters. The van der Waals surface area contributed by atoms with Gasteiger partial charge in [-0.15, -0.1) is 11.3 Å². The van der Waals surface area contributed by atoms with Gasteiger partial charge in [0.15, 0.2) is 0 Å². The highest BCUT2D eigenvalue weighted by Gasteiger charge is 2.16. The summed E-state index contributed by atoms with van der Waals surface area (Å²) in [5.41, 5.74) is 0. The van der Waals surface area contributed by atoms with Crippen LogP contribution in [0.25, 0.3) is 0 Å². The van der Waals surface area contributed by atoms with Gasteiger partial charge in [-0.05, 0) is 69.8 Å². The van der Waals surface area contributed by atoms with Crippen LogP contribution in [0.1, 0.15) is 29.4 Å². The number of nitrogens with one attached hydrogen (secondary N) is 1. The Morgan fingerprint density at radius 1 is 1.47 bits per heavy atom. The van der Waals surface area contributed by atoms with Crippen molar-refractivity contribution in [1.82, 2.24) is 10.2 Å². The van der Waals surface area contributed by atoms with E-state index in [0.717, 1.165) is 45.2 Å². The molecule has 0 aromatic carbocycles. The maximum atomic E-state index is 11.9. The molecule has 0 saturated carbocycles. The number of halogens is 2. The Kier molecular flexibility index (Phi) is 5.87. The van der Waals surface area contributed by atoms with E-state index in [4.69, 9.17) is 0 Å². The van der Waals surface area contributed by atoms with Crippen molar-refractivity contribution in [2.45, 2.75) is 19.8 Å². The van der Waals surface area contributed by atoms with Gasteiger partial charge < -0.3 is 10.2 Å². The summed E-state index contributed by atoms with van der Waals surface area (Å²) in [4.78, 5) is 15.1. The van der Waals surface area contributed by atoms with E-state index in [1.54, 1.807) is 0 Å². The number of carbonyl (C=O) groups excluding carboxylic acids is 1. The van der Waals surface area contributed by atoms with Crippen LogP contribution in [-0.4, -0.2) is 37.0 Å². The second kappa shape index (κ2) is 7.20. The molecule has 1 fully saturated rings. The monoisotopic (exact) mass is 408 g/mol. The lowest BCUT2D eigenvalue weighted by atomic mass is 9.99. The molecule has 1 N–H and O–H groups in total. The molecule has 2 heterocycles. The molecule has 3 nitrogen and oxygen atoms in total. The zero-order valence-electron chi connectivity index (χ0n) is 10.9. The van der Waals surface area contributed by atoms with Gasteiger partial charge >= 0.3 is 0 Å². The van der Waals surface area contributed by atoms with E-state index in [-0.39, 0.29) is 5.91 Å². The summed E-state index contributed by atoms with van der Waals surface area (Å²) in [5.74, 6) is 0.869. The van der Waals surface area contributed by atoms with Crippen LogP contribution in [0.4, 0.5) is 0 Å². The molecule has 0 aliphatic carbocycles. The molecule has 0 bridgehead atoms. The molecule has 1 saturated heterocycles. The number of amides is 1. The molecule has 0 spiro atoms. The van der Waals surface area contributed by atoms with E-state index in [1.165, 1.54) is 24.2 Å². The molecule has 2 rings (SSSR count). The Morgan fingerprint density at radius 3 is 2.74 bits per heavy atom. The third-order valence-electron chi connectivity index (χ3n) is 3.46. The number of thiophene rings is 1. The summed E-state index contributed by atoms with van der Waals surface area (Å²) in [7, 11) is 0. The average Bonchev–Trinajstić information content (AvgIpc) is 2.72. The van der Waals surface area contributed by atoms with Gasteiger partial charge in [0, 0.05) is 17.6 Å². The topological polar surface area (TPSA) is 32.3 Å². The fraction of sp³-hybridized carbons (Fsp3) is 0.615. The molecule has 6 heteroatoms. The minimum atomic E-state index is 0.0155. The fourth-order valence-corrected chi connectivity index (χ4v) is 4.11. The Bertz CT molecular complexity index is 422. The van der Waals surface area contributed by atoms with Gasteiger partial charge in [-0.1, -0.05) is 6.92 Å². The number of hydrogen-bond donors (Lipinski definition) is 1. The first kappa shape index (κ1) is 15.5. The smallest absolute Gasteiger partial charge is 0.261 e. The minimum Gasteiger partial charge on any atom is -0.350 e. The number of carbonyl (C=O) groups is 1. The van der Waals surface area contributed by atoms with Crippen molar-refractivity contribution in [2.75, 3.05) is 26.2 Å². The second-order valence-electron chi connectivity index (χ2n) is 5.01. The summed E-state index contributed by atoms with van der Waals surface area (Å²) in [6.45, 7) is 6.30. The number of piperidine rings is 1. The highest BCUT2D eigenvalue weighted by Crippen LogP contribution is 2.32. The maximum absolute atomic E-state index is 11.9.